The Kier molecular flexibility index (Phi) is 3.38. The summed E-state index contributed by atoms with van der Waals surface area (Å²) in [6.45, 7) is 7.74. The summed E-state index contributed by atoms with van der Waals surface area (Å²) in [5.41, 5.74) is 5.27. The van der Waals surface area contributed by atoms with Crippen LogP contribution in [0.3, 0.4) is 0 Å². The number of nitrogens with two attached hydrogens (primary N) is 1. The summed E-state index contributed by atoms with van der Waals surface area (Å²) in [6.07, 6.45) is 0.874. The van der Waals surface area contributed by atoms with Crippen molar-refractivity contribution in [2.24, 2.45) is 22.1 Å². The topological polar surface area (TPSA) is 70.7 Å². The number of likely N-dealkylation sites (tertiary alicyclic amines) is 1. The number of piperidine rings is 1. The minimum atomic E-state index is -0.301. The van der Waals surface area contributed by atoms with E-state index in [2.05, 4.69) is 10.3 Å². The van der Waals surface area contributed by atoms with Crippen molar-refractivity contribution in [1.82, 2.24) is 10.2 Å². The van der Waals surface area contributed by atoms with E-state index in [0.29, 0.717) is 19.0 Å². The summed E-state index contributed by atoms with van der Waals surface area (Å²) in [6, 6.07) is 0. The number of hydrogen-bond acceptors (Lipinski definition) is 4. The molecule has 0 aromatic carbocycles. The lowest BCUT2D eigenvalue weighted by Crippen LogP contribution is -2.53. The van der Waals surface area contributed by atoms with E-state index in [1.54, 1.807) is 0 Å². The van der Waals surface area contributed by atoms with Gasteiger partial charge in [-0.15, -0.1) is 0 Å². The summed E-state index contributed by atoms with van der Waals surface area (Å²) >= 11 is 0. The number of rotatable bonds is 3. The third-order valence-electron chi connectivity index (χ3n) is 3.55. The zero-order chi connectivity index (χ0) is 12.5. The molecule has 1 saturated heterocycles. The average Bonchev–Trinajstić information content (AvgIpc) is 2.78. The van der Waals surface area contributed by atoms with Gasteiger partial charge in [0.2, 0.25) is 5.91 Å². The molecule has 0 aromatic rings. The van der Waals surface area contributed by atoms with Crippen LogP contribution in [-0.4, -0.2) is 49.4 Å². The molecular formula is C12H22N4O. The van der Waals surface area contributed by atoms with Gasteiger partial charge in [-0.3, -0.25) is 9.79 Å². The van der Waals surface area contributed by atoms with Crippen LogP contribution in [0.5, 0.6) is 0 Å². The molecule has 5 heteroatoms. The molecule has 5 nitrogen and oxygen atoms in total. The highest BCUT2D eigenvalue weighted by Crippen LogP contribution is 2.34. The van der Waals surface area contributed by atoms with E-state index in [9.17, 15) is 4.79 Å². The number of amides is 1. The van der Waals surface area contributed by atoms with Gasteiger partial charge in [-0.05, 0) is 6.42 Å². The molecule has 0 bridgehead atoms. The highest BCUT2D eigenvalue weighted by molar-refractivity contribution is 5.90. The summed E-state index contributed by atoms with van der Waals surface area (Å²) in [7, 11) is 0. The fourth-order valence-electron chi connectivity index (χ4n) is 2.77. The molecule has 0 aliphatic carbocycles. The largest absolute Gasteiger partial charge is 0.372 e. The third-order valence-corrected chi connectivity index (χ3v) is 3.55. The number of carbonyl (C=O) groups excluding carboxylic acids is 1. The highest BCUT2D eigenvalue weighted by atomic mass is 16.2. The molecule has 0 saturated carbocycles. The summed E-state index contributed by atoms with van der Waals surface area (Å²) in [4.78, 5) is 18.6. The van der Waals surface area contributed by atoms with Crippen LogP contribution in [0.25, 0.3) is 0 Å². The van der Waals surface area contributed by atoms with Crippen LogP contribution in [0, 0.1) is 11.3 Å². The van der Waals surface area contributed by atoms with Crippen LogP contribution in [0.2, 0.25) is 0 Å². The molecule has 2 aliphatic rings. The second-order valence-electron chi connectivity index (χ2n) is 5.52. The Balaban J connectivity index is 2.13. The summed E-state index contributed by atoms with van der Waals surface area (Å²) in [5, 5.41) is 3.32. The van der Waals surface area contributed by atoms with E-state index in [1.807, 2.05) is 18.7 Å². The molecule has 1 unspecified atom stereocenters. The van der Waals surface area contributed by atoms with Gasteiger partial charge in [0, 0.05) is 37.5 Å². The molecule has 3 N–H and O–H groups in total. The van der Waals surface area contributed by atoms with Crippen molar-refractivity contribution in [3.8, 4) is 0 Å². The first kappa shape index (κ1) is 12.4. The zero-order valence-electron chi connectivity index (χ0n) is 10.7. The number of nitrogens with zero attached hydrogens (tertiary/aromatic N) is 2. The first-order valence-electron chi connectivity index (χ1n) is 6.32. The molecule has 17 heavy (non-hydrogen) atoms. The maximum atomic E-state index is 12.2. The molecule has 1 fully saturated rings. The number of aliphatic imine (C=N–C) groups is 1. The SMILES string of the molecule is CC1(C)CC(C2=NCCN2)CN(CCN)C1=O. The highest BCUT2D eigenvalue weighted by Gasteiger charge is 2.41. The number of amidine groups is 1. The molecule has 0 spiro atoms. The number of hydrogen-bond donors (Lipinski definition) is 2. The predicted octanol–water partition coefficient (Wildman–Crippen LogP) is -0.178. The molecule has 2 aliphatic heterocycles. The molecule has 96 valence electrons. The van der Waals surface area contributed by atoms with Crippen molar-refractivity contribution in [1.29, 1.82) is 0 Å². The Labute approximate surface area is 102 Å². The summed E-state index contributed by atoms with van der Waals surface area (Å²) in [5.74, 6) is 1.64. The van der Waals surface area contributed by atoms with Crippen molar-refractivity contribution >= 4 is 11.7 Å². The van der Waals surface area contributed by atoms with Gasteiger partial charge in [-0.25, -0.2) is 0 Å². The van der Waals surface area contributed by atoms with Gasteiger partial charge < -0.3 is 16.0 Å². The Morgan fingerprint density at radius 2 is 2.35 bits per heavy atom. The first-order chi connectivity index (χ1) is 8.04. The molecular weight excluding hydrogens is 216 g/mol. The number of carbonyl (C=O) groups is 1. The average molecular weight is 238 g/mol. The van der Waals surface area contributed by atoms with Gasteiger partial charge >= 0.3 is 0 Å². The predicted molar refractivity (Wildman–Crippen MR) is 67.8 cm³/mol. The molecule has 0 aromatic heterocycles. The quantitative estimate of drug-likeness (QED) is 0.716. The zero-order valence-corrected chi connectivity index (χ0v) is 10.7. The van der Waals surface area contributed by atoms with E-state index in [0.717, 1.165) is 31.9 Å². The lowest BCUT2D eigenvalue weighted by Gasteiger charge is -2.41. The Morgan fingerprint density at radius 1 is 1.59 bits per heavy atom. The van der Waals surface area contributed by atoms with Gasteiger partial charge in [0.25, 0.3) is 0 Å². The van der Waals surface area contributed by atoms with Crippen molar-refractivity contribution < 1.29 is 4.79 Å². The monoisotopic (exact) mass is 238 g/mol. The first-order valence-corrected chi connectivity index (χ1v) is 6.32. The van der Waals surface area contributed by atoms with Crippen molar-refractivity contribution in [3.05, 3.63) is 0 Å². The van der Waals surface area contributed by atoms with Crippen LogP contribution >= 0.6 is 0 Å². The third kappa shape index (κ3) is 2.44. The van der Waals surface area contributed by atoms with Crippen LogP contribution in [0.1, 0.15) is 20.3 Å². The van der Waals surface area contributed by atoms with Crippen LogP contribution in [-0.2, 0) is 4.79 Å². The normalized spacial score (nSPS) is 27.9. The molecule has 2 rings (SSSR count). The molecule has 1 atom stereocenters. The minimum absolute atomic E-state index is 0.220. The number of nitrogens with one attached hydrogen (secondary N) is 1. The fraction of sp³-hybridized carbons (Fsp3) is 0.833. The molecule has 0 radical (unpaired) electrons. The van der Waals surface area contributed by atoms with Crippen LogP contribution < -0.4 is 11.1 Å². The lowest BCUT2D eigenvalue weighted by molar-refractivity contribution is -0.145. The van der Waals surface area contributed by atoms with E-state index >= 15 is 0 Å². The van der Waals surface area contributed by atoms with E-state index in [4.69, 9.17) is 5.73 Å². The van der Waals surface area contributed by atoms with Crippen LogP contribution in [0.15, 0.2) is 4.99 Å². The Bertz CT molecular complexity index is 337. The Morgan fingerprint density at radius 3 is 2.94 bits per heavy atom. The smallest absolute Gasteiger partial charge is 0.228 e. The maximum absolute atomic E-state index is 12.2. The van der Waals surface area contributed by atoms with Crippen molar-refractivity contribution in [2.75, 3.05) is 32.7 Å². The lowest BCUT2D eigenvalue weighted by atomic mass is 9.77. The minimum Gasteiger partial charge on any atom is -0.372 e. The van der Waals surface area contributed by atoms with Gasteiger partial charge in [0.05, 0.1) is 6.54 Å². The van der Waals surface area contributed by atoms with E-state index in [-0.39, 0.29) is 11.3 Å². The van der Waals surface area contributed by atoms with Crippen molar-refractivity contribution in [3.63, 3.8) is 0 Å². The second-order valence-corrected chi connectivity index (χ2v) is 5.52. The standard InChI is InChI=1S/C12H22N4O/c1-12(2)7-9(10-14-4-5-15-10)8-16(6-3-13)11(12)17/h9H,3-8,13H2,1-2H3,(H,14,15). The second kappa shape index (κ2) is 4.64. The van der Waals surface area contributed by atoms with Gasteiger partial charge in [-0.1, -0.05) is 13.8 Å². The Hall–Kier alpha value is -1.10. The summed E-state index contributed by atoms with van der Waals surface area (Å²) < 4.78 is 0. The van der Waals surface area contributed by atoms with Crippen molar-refractivity contribution in [2.45, 2.75) is 20.3 Å². The van der Waals surface area contributed by atoms with E-state index < -0.39 is 0 Å². The van der Waals surface area contributed by atoms with Gasteiger partial charge in [0.15, 0.2) is 0 Å². The fourth-order valence-corrected chi connectivity index (χ4v) is 2.77. The van der Waals surface area contributed by atoms with Gasteiger partial charge in [-0.2, -0.15) is 0 Å². The van der Waals surface area contributed by atoms with Crippen LogP contribution in [0.4, 0.5) is 0 Å². The van der Waals surface area contributed by atoms with Gasteiger partial charge in [0.1, 0.15) is 5.84 Å². The molecule has 2 heterocycles. The van der Waals surface area contributed by atoms with E-state index in [1.165, 1.54) is 0 Å². The molecule has 1 amide bonds. The maximum Gasteiger partial charge on any atom is 0.228 e.